The summed E-state index contributed by atoms with van der Waals surface area (Å²) in [5.74, 6) is 0.0699. The van der Waals surface area contributed by atoms with Gasteiger partial charge in [0.15, 0.2) is 0 Å². The van der Waals surface area contributed by atoms with Gasteiger partial charge in [-0.15, -0.1) is 0 Å². The highest BCUT2D eigenvalue weighted by atomic mass is 16.5. The average molecular weight is 643 g/mol. The fourth-order valence-corrected chi connectivity index (χ4v) is 7.81. The van der Waals surface area contributed by atoms with Crippen molar-refractivity contribution in [1.29, 1.82) is 0 Å². The summed E-state index contributed by atoms with van der Waals surface area (Å²) < 4.78 is 5.00. The molecule has 5 heterocycles. The van der Waals surface area contributed by atoms with Crippen molar-refractivity contribution < 1.29 is 19.7 Å². The third-order valence-corrected chi connectivity index (χ3v) is 10.6. The molecular formula is C40H42N4O4. The summed E-state index contributed by atoms with van der Waals surface area (Å²) in [6.45, 7) is 10.1. The van der Waals surface area contributed by atoms with Crippen LogP contribution in [0.1, 0.15) is 65.9 Å². The van der Waals surface area contributed by atoms with Crippen LogP contribution in [-0.2, 0) is 16.0 Å². The molecule has 0 radical (unpaired) electrons. The number of carbonyl (C=O) groups excluding carboxylic acids is 1. The van der Waals surface area contributed by atoms with Crippen LogP contribution in [0.4, 0.5) is 0 Å². The van der Waals surface area contributed by atoms with Gasteiger partial charge in [-0.3, -0.25) is 4.79 Å². The molecule has 5 aliphatic heterocycles. The number of methoxy groups -OCH3 is 1. The van der Waals surface area contributed by atoms with E-state index in [9.17, 15) is 15.0 Å². The highest BCUT2D eigenvalue weighted by molar-refractivity contribution is 6.21. The number of allylic oxidation sites excluding steroid dienone is 11. The molecule has 1 aliphatic carbocycles. The lowest BCUT2D eigenvalue weighted by atomic mass is 9.86. The number of rotatable bonds is 7. The van der Waals surface area contributed by atoms with Crippen LogP contribution in [0, 0.1) is 11.8 Å². The van der Waals surface area contributed by atoms with E-state index in [4.69, 9.17) is 19.7 Å². The number of hydrogen-bond acceptors (Lipinski definition) is 8. The Bertz CT molecular complexity index is 1990. The van der Waals surface area contributed by atoms with Crippen molar-refractivity contribution in [3.05, 3.63) is 127 Å². The number of nitrogens with one attached hydrogen (secondary N) is 1. The topological polar surface area (TPSA) is 116 Å². The van der Waals surface area contributed by atoms with Gasteiger partial charge in [-0.25, -0.2) is 15.0 Å². The molecule has 1 fully saturated rings. The first-order chi connectivity index (χ1) is 23.0. The van der Waals surface area contributed by atoms with Crippen molar-refractivity contribution in [2.24, 2.45) is 26.8 Å². The van der Waals surface area contributed by atoms with Crippen LogP contribution in [0.2, 0.25) is 0 Å². The number of ether oxygens (including phenoxy) is 1. The minimum atomic E-state index is -0.721. The third kappa shape index (κ3) is 5.38. The fraction of sp³-hybridized carbons (Fsp3) is 0.350. The number of nitrogens with zero attached hydrogens (tertiary/aromatic N) is 3. The van der Waals surface area contributed by atoms with E-state index in [0.29, 0.717) is 24.3 Å². The van der Waals surface area contributed by atoms with Gasteiger partial charge in [-0.05, 0) is 93.0 Å². The van der Waals surface area contributed by atoms with Crippen LogP contribution >= 0.6 is 0 Å². The second kappa shape index (κ2) is 12.3. The molecule has 1 aromatic rings. The lowest BCUT2D eigenvalue weighted by Crippen LogP contribution is -2.16. The molecular weight excluding hydrogens is 600 g/mol. The van der Waals surface area contributed by atoms with Gasteiger partial charge < -0.3 is 20.3 Å². The zero-order valence-corrected chi connectivity index (χ0v) is 28.4. The SMILES string of the molecule is COC(=O)CC[C@@H]1C2=C3CC(O)=C4C3=NC(=C4C)C=C3N=C(C=C4N=C(C=C(N2)[C@H]1C)C(C)=C4[C@@H](C)O)C(C)=C3CCc1ccccc1. The number of esters is 1. The van der Waals surface area contributed by atoms with Gasteiger partial charge in [0.1, 0.15) is 5.76 Å². The van der Waals surface area contributed by atoms with E-state index in [0.717, 1.165) is 91.8 Å². The number of fused-ring (bicyclic) bond motifs is 5. The maximum absolute atomic E-state index is 12.3. The summed E-state index contributed by atoms with van der Waals surface area (Å²) in [4.78, 5) is 27.7. The molecule has 0 unspecified atom stereocenters. The standard InChI is InChI=1S/C40H42N4O4/c1-20-26(13-12-25-10-8-7-9-11-25)33-18-32-23(4)38-35(46)16-28(40(38)44-32)39-27(14-15-36(47)48-6)21(2)30(43-39)17-31-22(3)37(24(5)45)34(42-31)19-29(20)41-33/h7-11,17-19,21,24,27,43,45-46H,12-16H2,1-6H3/t21-,24+,27-/m0/s1. The van der Waals surface area contributed by atoms with Crippen LogP contribution in [0.3, 0.4) is 0 Å². The summed E-state index contributed by atoms with van der Waals surface area (Å²) in [6, 6.07) is 10.5. The Kier molecular flexibility index (Phi) is 8.16. The van der Waals surface area contributed by atoms with Crippen molar-refractivity contribution in [2.75, 3.05) is 7.11 Å². The largest absolute Gasteiger partial charge is 0.511 e. The molecule has 6 aliphatic rings. The van der Waals surface area contributed by atoms with E-state index in [1.165, 1.54) is 12.7 Å². The minimum absolute atomic E-state index is 0.0205. The molecule has 0 aromatic heterocycles. The maximum Gasteiger partial charge on any atom is 0.305 e. The summed E-state index contributed by atoms with van der Waals surface area (Å²) >= 11 is 0. The first-order valence-corrected chi connectivity index (χ1v) is 16.8. The van der Waals surface area contributed by atoms with Crippen LogP contribution < -0.4 is 5.32 Å². The number of aliphatic hydroxyl groups excluding tert-OH is 2. The summed E-state index contributed by atoms with van der Waals surface area (Å²) in [6.07, 6.45) is 8.29. The first kappa shape index (κ1) is 31.8. The molecule has 0 saturated carbocycles. The van der Waals surface area contributed by atoms with Crippen LogP contribution in [0.5, 0.6) is 0 Å². The second-order valence-corrected chi connectivity index (χ2v) is 13.5. The van der Waals surface area contributed by atoms with Gasteiger partial charge >= 0.3 is 5.97 Å². The highest BCUT2D eigenvalue weighted by Crippen LogP contribution is 2.46. The van der Waals surface area contributed by atoms with Crippen molar-refractivity contribution in [1.82, 2.24) is 5.32 Å². The van der Waals surface area contributed by atoms with E-state index in [-0.39, 0.29) is 24.2 Å². The smallest absolute Gasteiger partial charge is 0.305 e. The van der Waals surface area contributed by atoms with Crippen LogP contribution in [0.15, 0.2) is 137 Å². The average Bonchev–Trinajstić information content (AvgIpc) is 3.82. The van der Waals surface area contributed by atoms with Crippen molar-refractivity contribution in [3.63, 3.8) is 0 Å². The van der Waals surface area contributed by atoms with Gasteiger partial charge in [-0.1, -0.05) is 37.3 Å². The molecule has 3 atom stereocenters. The van der Waals surface area contributed by atoms with Gasteiger partial charge in [0, 0.05) is 52.8 Å². The lowest BCUT2D eigenvalue weighted by Gasteiger charge is -2.17. The Hall–Kier alpha value is -4.82. The van der Waals surface area contributed by atoms with Crippen molar-refractivity contribution >= 4 is 23.1 Å². The highest BCUT2D eigenvalue weighted by Gasteiger charge is 2.41. The quantitative estimate of drug-likeness (QED) is 0.272. The zero-order chi connectivity index (χ0) is 33.9. The number of hydrogen-bond donors (Lipinski definition) is 3. The number of aliphatic hydroxyl groups is 2. The van der Waals surface area contributed by atoms with Gasteiger partial charge in [0.25, 0.3) is 0 Å². The number of aliphatic imine (C=N–C) groups is 3. The van der Waals surface area contributed by atoms with Crippen molar-refractivity contribution in [2.45, 2.75) is 72.8 Å². The number of aryl methyl sites for hydroxylation is 1. The van der Waals surface area contributed by atoms with Crippen LogP contribution in [0.25, 0.3) is 0 Å². The molecule has 8 bridgehead atoms. The maximum atomic E-state index is 12.3. The Morgan fingerprint density at radius 1 is 0.979 bits per heavy atom. The van der Waals surface area contributed by atoms with E-state index < -0.39 is 6.10 Å². The van der Waals surface area contributed by atoms with Gasteiger partial charge in [0.2, 0.25) is 0 Å². The normalized spacial score (nSPS) is 23.7. The Labute approximate surface area is 281 Å². The number of benzene rings is 1. The predicted octanol–water partition coefficient (Wildman–Crippen LogP) is 7.21. The van der Waals surface area contributed by atoms with Gasteiger partial charge in [-0.2, -0.15) is 0 Å². The molecule has 1 aromatic carbocycles. The Morgan fingerprint density at radius 3 is 2.44 bits per heavy atom. The summed E-state index contributed by atoms with van der Waals surface area (Å²) in [5, 5.41) is 26.0. The molecule has 1 saturated heterocycles. The molecule has 8 heteroatoms. The third-order valence-electron chi connectivity index (χ3n) is 10.6. The number of carbonyl (C=O) groups is 1. The fourth-order valence-electron chi connectivity index (χ4n) is 7.81. The summed E-state index contributed by atoms with van der Waals surface area (Å²) in [7, 11) is 1.41. The molecule has 8 nitrogen and oxygen atoms in total. The molecule has 0 spiro atoms. The lowest BCUT2D eigenvalue weighted by molar-refractivity contribution is -0.140. The van der Waals surface area contributed by atoms with E-state index >= 15 is 0 Å². The molecule has 7 rings (SSSR count). The molecule has 246 valence electrons. The zero-order valence-electron chi connectivity index (χ0n) is 28.4. The Balaban J connectivity index is 1.42. The van der Waals surface area contributed by atoms with E-state index in [1.807, 2.05) is 26.0 Å². The van der Waals surface area contributed by atoms with E-state index in [2.05, 4.69) is 55.6 Å². The van der Waals surface area contributed by atoms with Gasteiger partial charge in [0.05, 0.1) is 47.4 Å². The Morgan fingerprint density at radius 2 is 1.71 bits per heavy atom. The van der Waals surface area contributed by atoms with Crippen LogP contribution in [-0.4, -0.2) is 46.5 Å². The minimum Gasteiger partial charge on any atom is -0.511 e. The van der Waals surface area contributed by atoms with Crippen molar-refractivity contribution in [3.8, 4) is 0 Å². The molecule has 48 heavy (non-hydrogen) atoms. The predicted molar refractivity (Wildman–Crippen MR) is 189 cm³/mol. The first-order valence-electron chi connectivity index (χ1n) is 16.8. The van der Waals surface area contributed by atoms with E-state index in [1.54, 1.807) is 6.92 Å². The summed E-state index contributed by atoms with van der Waals surface area (Å²) in [5.41, 5.74) is 14.5. The molecule has 3 N–H and O–H groups in total. The monoisotopic (exact) mass is 642 g/mol. The second-order valence-electron chi connectivity index (χ2n) is 13.5. The molecule has 0 amide bonds.